The van der Waals surface area contributed by atoms with Crippen LogP contribution in [0.15, 0.2) is 12.5 Å². The fraction of sp³-hybridized carbons (Fsp3) is 0.769. The molecular weight excluding hydrogens is 226 g/mol. The predicted molar refractivity (Wildman–Crippen MR) is 71.5 cm³/mol. The second-order valence-electron chi connectivity index (χ2n) is 5.84. The van der Waals surface area contributed by atoms with E-state index in [0.717, 1.165) is 19.5 Å². The molecule has 0 aliphatic carbocycles. The van der Waals surface area contributed by atoms with Crippen molar-refractivity contribution in [3.05, 3.63) is 18.2 Å². The molecule has 0 amide bonds. The number of imidazole rings is 1. The average molecular weight is 249 g/mol. The van der Waals surface area contributed by atoms with Gasteiger partial charge in [-0.3, -0.25) is 0 Å². The van der Waals surface area contributed by atoms with E-state index in [4.69, 9.17) is 0 Å². The van der Waals surface area contributed by atoms with E-state index in [0.29, 0.717) is 11.6 Å². The lowest BCUT2D eigenvalue weighted by Gasteiger charge is -2.47. The van der Waals surface area contributed by atoms with Gasteiger partial charge < -0.3 is 20.5 Å². The Balaban J connectivity index is 1.61. The first kappa shape index (κ1) is 12.1. The second-order valence-corrected chi connectivity index (χ2v) is 5.84. The molecule has 0 unspecified atom stereocenters. The van der Waals surface area contributed by atoms with E-state index in [-0.39, 0.29) is 0 Å². The number of piperidine rings is 1. The van der Waals surface area contributed by atoms with Crippen LogP contribution < -0.4 is 10.6 Å². The van der Waals surface area contributed by atoms with Gasteiger partial charge in [-0.1, -0.05) is 0 Å². The van der Waals surface area contributed by atoms with Crippen LogP contribution in [-0.4, -0.2) is 59.7 Å². The zero-order chi connectivity index (χ0) is 12.4. The zero-order valence-electron chi connectivity index (χ0n) is 11.1. The van der Waals surface area contributed by atoms with Crippen LogP contribution in [0.2, 0.25) is 0 Å². The molecule has 3 rings (SSSR count). The van der Waals surface area contributed by atoms with Gasteiger partial charge in [0.05, 0.1) is 6.33 Å². The van der Waals surface area contributed by atoms with Crippen LogP contribution in [0.4, 0.5) is 0 Å². The summed E-state index contributed by atoms with van der Waals surface area (Å²) in [4.78, 5) is 9.71. The first-order valence-electron chi connectivity index (χ1n) is 6.90. The number of nitrogens with zero attached hydrogens (tertiary/aromatic N) is 2. The first-order valence-corrected chi connectivity index (χ1v) is 6.90. The molecule has 0 aromatic carbocycles. The highest BCUT2D eigenvalue weighted by Crippen LogP contribution is 2.24. The van der Waals surface area contributed by atoms with Gasteiger partial charge in [0, 0.05) is 43.0 Å². The van der Waals surface area contributed by atoms with Crippen molar-refractivity contribution >= 4 is 0 Å². The van der Waals surface area contributed by atoms with Crippen LogP contribution >= 0.6 is 0 Å². The Bertz CT molecular complexity index is 367. The number of likely N-dealkylation sites (tertiary alicyclic amines) is 1. The minimum absolute atomic E-state index is 0.315. The third kappa shape index (κ3) is 2.58. The number of aromatic amines is 1. The molecule has 1 aromatic heterocycles. The van der Waals surface area contributed by atoms with Crippen LogP contribution in [0.3, 0.4) is 0 Å². The van der Waals surface area contributed by atoms with E-state index in [1.54, 1.807) is 6.33 Å². The largest absolute Gasteiger partial charge is 0.348 e. The number of H-pyrrole nitrogens is 1. The number of piperazine rings is 1. The van der Waals surface area contributed by atoms with Crippen molar-refractivity contribution in [2.75, 3.05) is 33.2 Å². The Labute approximate surface area is 108 Å². The molecule has 0 radical (unpaired) electrons. The third-order valence-corrected chi connectivity index (χ3v) is 4.33. The highest BCUT2D eigenvalue weighted by molar-refractivity contribution is 5.05. The summed E-state index contributed by atoms with van der Waals surface area (Å²) in [5.41, 5.74) is 1.54. The summed E-state index contributed by atoms with van der Waals surface area (Å²) in [6.45, 7) is 4.56. The number of aromatic nitrogens is 2. The van der Waals surface area contributed by atoms with Gasteiger partial charge in [0.25, 0.3) is 0 Å². The maximum absolute atomic E-state index is 4.09. The van der Waals surface area contributed by atoms with Gasteiger partial charge in [-0.2, -0.15) is 0 Å². The van der Waals surface area contributed by atoms with E-state index in [9.17, 15) is 0 Å². The smallest absolute Gasteiger partial charge is 0.0921 e. The van der Waals surface area contributed by atoms with Gasteiger partial charge in [-0.25, -0.2) is 4.98 Å². The summed E-state index contributed by atoms with van der Waals surface area (Å²) in [6.07, 6.45) is 7.21. The highest BCUT2D eigenvalue weighted by atomic mass is 15.2. The Morgan fingerprint density at radius 2 is 2.28 bits per heavy atom. The van der Waals surface area contributed by atoms with Crippen molar-refractivity contribution in [3.63, 3.8) is 0 Å². The number of hydrogen-bond acceptors (Lipinski definition) is 4. The molecular formula is C13H23N5. The fourth-order valence-corrected chi connectivity index (χ4v) is 3.17. The van der Waals surface area contributed by atoms with Gasteiger partial charge in [0.2, 0.25) is 0 Å². The summed E-state index contributed by atoms with van der Waals surface area (Å²) >= 11 is 0. The van der Waals surface area contributed by atoms with E-state index in [1.165, 1.54) is 31.6 Å². The lowest BCUT2D eigenvalue weighted by atomic mass is 9.84. The Morgan fingerprint density at radius 3 is 3.00 bits per heavy atom. The maximum Gasteiger partial charge on any atom is 0.0921 e. The predicted octanol–water partition coefficient (Wildman–Crippen LogP) is -0.0220. The summed E-state index contributed by atoms with van der Waals surface area (Å²) in [6, 6.07) is 0.516. The minimum Gasteiger partial charge on any atom is -0.348 e. The fourth-order valence-electron chi connectivity index (χ4n) is 3.17. The van der Waals surface area contributed by atoms with Crippen LogP contribution in [0.1, 0.15) is 18.5 Å². The highest BCUT2D eigenvalue weighted by Gasteiger charge is 2.37. The molecule has 5 heteroatoms. The average Bonchev–Trinajstić information content (AvgIpc) is 2.87. The van der Waals surface area contributed by atoms with E-state index in [1.807, 2.05) is 6.20 Å². The molecule has 2 aliphatic heterocycles. The van der Waals surface area contributed by atoms with Crippen LogP contribution in [0.5, 0.6) is 0 Å². The third-order valence-electron chi connectivity index (χ3n) is 4.33. The number of hydrogen-bond donors (Lipinski definition) is 3. The van der Waals surface area contributed by atoms with Gasteiger partial charge in [0.1, 0.15) is 0 Å². The quantitative estimate of drug-likeness (QED) is 0.689. The molecule has 100 valence electrons. The van der Waals surface area contributed by atoms with Gasteiger partial charge in [-0.05, 0) is 33.0 Å². The molecule has 3 N–H and O–H groups in total. The zero-order valence-corrected chi connectivity index (χ0v) is 11.1. The van der Waals surface area contributed by atoms with E-state index >= 15 is 0 Å². The summed E-state index contributed by atoms with van der Waals surface area (Å²) < 4.78 is 0. The normalized spacial score (nSPS) is 28.6. The molecule has 1 atom stereocenters. The van der Waals surface area contributed by atoms with Gasteiger partial charge >= 0.3 is 0 Å². The maximum atomic E-state index is 4.09. The monoisotopic (exact) mass is 249 g/mol. The molecule has 2 saturated heterocycles. The molecule has 0 bridgehead atoms. The summed E-state index contributed by atoms with van der Waals surface area (Å²) in [5, 5.41) is 7.50. The van der Waals surface area contributed by atoms with Crippen LogP contribution in [-0.2, 0) is 6.42 Å². The van der Waals surface area contributed by atoms with Crippen molar-refractivity contribution in [3.8, 4) is 0 Å². The molecule has 1 spiro atoms. The minimum atomic E-state index is 0.315. The van der Waals surface area contributed by atoms with Crippen molar-refractivity contribution in [2.24, 2.45) is 0 Å². The number of rotatable bonds is 2. The summed E-state index contributed by atoms with van der Waals surface area (Å²) in [7, 11) is 2.21. The first-order chi connectivity index (χ1) is 8.76. The summed E-state index contributed by atoms with van der Waals surface area (Å²) in [5.74, 6) is 0. The molecule has 3 heterocycles. The Morgan fingerprint density at radius 1 is 1.44 bits per heavy atom. The lowest BCUT2D eigenvalue weighted by Crippen LogP contribution is -2.67. The SMILES string of the molecule is CN1CCC2(CC1)CNC[C@H](Cc1cnc[nH]1)N2. The lowest BCUT2D eigenvalue weighted by molar-refractivity contribution is 0.119. The molecule has 1 aromatic rings. The van der Waals surface area contributed by atoms with Crippen LogP contribution in [0, 0.1) is 0 Å². The van der Waals surface area contributed by atoms with E-state index < -0.39 is 0 Å². The number of nitrogens with one attached hydrogen (secondary N) is 3. The van der Waals surface area contributed by atoms with E-state index in [2.05, 4.69) is 32.5 Å². The van der Waals surface area contributed by atoms with Gasteiger partial charge in [0.15, 0.2) is 0 Å². The van der Waals surface area contributed by atoms with Crippen LogP contribution in [0.25, 0.3) is 0 Å². The van der Waals surface area contributed by atoms with Crippen molar-refractivity contribution < 1.29 is 0 Å². The standard InChI is InChI=1S/C13H23N5/c1-18-4-2-13(3-5-18)9-14-8-12(17-13)6-11-7-15-10-16-11/h7,10,12,14,17H,2-6,8-9H2,1H3,(H,15,16)/t12-/m0/s1. The van der Waals surface area contributed by atoms with Crippen molar-refractivity contribution in [1.82, 2.24) is 25.5 Å². The molecule has 18 heavy (non-hydrogen) atoms. The van der Waals surface area contributed by atoms with Gasteiger partial charge in [-0.15, -0.1) is 0 Å². The molecule has 5 nitrogen and oxygen atoms in total. The Hall–Kier alpha value is -0.910. The second kappa shape index (κ2) is 4.99. The molecule has 2 aliphatic rings. The van der Waals surface area contributed by atoms with Crippen molar-refractivity contribution in [1.29, 1.82) is 0 Å². The van der Waals surface area contributed by atoms with Crippen molar-refractivity contribution in [2.45, 2.75) is 30.8 Å². The molecule has 0 saturated carbocycles. The molecule has 2 fully saturated rings. The Kier molecular flexibility index (Phi) is 3.37. The topological polar surface area (TPSA) is 56.0 Å².